The van der Waals surface area contributed by atoms with Gasteiger partial charge in [0, 0.05) is 0 Å². The molecule has 0 saturated heterocycles. The van der Waals surface area contributed by atoms with Crippen LogP contribution in [0.15, 0.2) is 12.2 Å². The summed E-state index contributed by atoms with van der Waals surface area (Å²) in [7, 11) is 0. The van der Waals surface area contributed by atoms with Gasteiger partial charge in [0.05, 0.1) is 0 Å². The van der Waals surface area contributed by atoms with Gasteiger partial charge in [-0.3, -0.25) is 0 Å². The van der Waals surface area contributed by atoms with Crippen LogP contribution in [0.25, 0.3) is 0 Å². The molecule has 0 nitrogen and oxygen atoms in total. The van der Waals surface area contributed by atoms with E-state index in [1.54, 1.807) is 6.92 Å². The van der Waals surface area contributed by atoms with Crippen molar-refractivity contribution in [3.63, 3.8) is 0 Å². The first-order valence-electron chi connectivity index (χ1n) is 6.67. The highest BCUT2D eigenvalue weighted by atomic mass is 13.9. The van der Waals surface area contributed by atoms with Gasteiger partial charge in [-0.1, -0.05) is 67.5 Å². The topological polar surface area (TPSA) is 0 Å². The van der Waals surface area contributed by atoms with Crippen LogP contribution in [-0.4, -0.2) is 0 Å². The molecule has 16 heavy (non-hydrogen) atoms. The molecule has 0 unspecified atom stereocenters. The molecule has 0 heteroatoms. The van der Waals surface area contributed by atoms with Crippen LogP contribution in [0, 0.1) is 18.3 Å². The zero-order valence-electron chi connectivity index (χ0n) is 13.5. The Kier molecular flexibility index (Phi) is 117. The Morgan fingerprint density at radius 3 is 1.31 bits per heavy atom. The molecule has 0 N–H and O–H groups in total. The number of hydrogen-bond donors (Lipinski definition) is 0. The van der Waals surface area contributed by atoms with E-state index in [2.05, 4.69) is 45.3 Å². The van der Waals surface area contributed by atoms with E-state index >= 15 is 0 Å². The van der Waals surface area contributed by atoms with Gasteiger partial charge in [-0.05, 0) is 26.2 Å². The summed E-state index contributed by atoms with van der Waals surface area (Å²) in [6.07, 6.45) is 10.1. The van der Waals surface area contributed by atoms with Crippen LogP contribution in [0.4, 0.5) is 0 Å². The van der Waals surface area contributed by atoms with Gasteiger partial charge in [0.1, 0.15) is 0 Å². The lowest BCUT2D eigenvalue weighted by Crippen LogP contribution is -1.79. The van der Waals surface area contributed by atoms with E-state index in [1.807, 2.05) is 41.5 Å². The highest BCUT2D eigenvalue weighted by molar-refractivity contribution is 4.77. The summed E-state index contributed by atoms with van der Waals surface area (Å²) in [5.74, 6) is 3.07. The van der Waals surface area contributed by atoms with Crippen LogP contribution in [0.5, 0.6) is 0 Å². The maximum atomic E-state index is 4.60. The van der Waals surface area contributed by atoms with E-state index in [0.29, 0.717) is 0 Å². The third-order valence-corrected chi connectivity index (χ3v) is 0.843. The summed E-state index contributed by atoms with van der Waals surface area (Å²) in [5, 5.41) is 0. The highest BCUT2D eigenvalue weighted by Gasteiger charge is 1.83. The second-order valence-electron chi connectivity index (χ2n) is 2.49. The van der Waals surface area contributed by atoms with Crippen molar-refractivity contribution in [1.29, 1.82) is 0 Å². The fraction of sp³-hybridized carbons (Fsp3) is 0.750. The van der Waals surface area contributed by atoms with E-state index in [0.717, 1.165) is 5.92 Å². The lowest BCUT2D eigenvalue weighted by molar-refractivity contribution is 0.663. The summed E-state index contributed by atoms with van der Waals surface area (Å²) in [6.45, 7) is 20.2. The third kappa shape index (κ3) is 185. The van der Waals surface area contributed by atoms with Crippen molar-refractivity contribution < 1.29 is 0 Å². The molecule has 0 fully saturated rings. The van der Waals surface area contributed by atoms with Crippen molar-refractivity contribution >= 4 is 0 Å². The average molecular weight is 228 g/mol. The van der Waals surface area contributed by atoms with Gasteiger partial charge in [-0.15, -0.1) is 12.3 Å². The van der Waals surface area contributed by atoms with Crippen LogP contribution >= 0.6 is 0 Å². The zero-order chi connectivity index (χ0) is 14.4. The van der Waals surface area contributed by atoms with E-state index in [-0.39, 0.29) is 0 Å². The molecule has 0 aromatic heterocycles. The van der Waals surface area contributed by atoms with Crippen LogP contribution in [0.3, 0.4) is 0 Å². The number of hydrogen-bond acceptors (Lipinski definition) is 0. The molecule has 0 aliphatic heterocycles. The monoisotopic (exact) mass is 228 g/mol. The van der Waals surface area contributed by atoms with Crippen molar-refractivity contribution in [2.45, 2.75) is 75.7 Å². The predicted molar refractivity (Wildman–Crippen MR) is 82.8 cm³/mol. The van der Waals surface area contributed by atoms with Crippen molar-refractivity contribution in [1.82, 2.24) is 0 Å². The molecule has 0 bridgehead atoms. The maximum absolute atomic E-state index is 4.60. The highest BCUT2D eigenvalue weighted by Crippen LogP contribution is 1.98. The SMILES string of the molecule is C#CC.C/C=C/CC(C)C.CC.CC.CC. The lowest BCUT2D eigenvalue weighted by Gasteiger charge is -1.93. The second-order valence-corrected chi connectivity index (χ2v) is 2.49. The average Bonchev–Trinajstić information content (AvgIpc) is 2.35. The maximum Gasteiger partial charge on any atom is -0.00297 e. The largest absolute Gasteiger partial charge is 0.120 e. The minimum absolute atomic E-state index is 0.816. The van der Waals surface area contributed by atoms with Gasteiger partial charge in [-0.25, -0.2) is 0 Å². The van der Waals surface area contributed by atoms with Gasteiger partial charge in [0.15, 0.2) is 0 Å². The van der Waals surface area contributed by atoms with E-state index in [4.69, 9.17) is 0 Å². The molecular formula is C16H36. The van der Waals surface area contributed by atoms with E-state index < -0.39 is 0 Å². The molecule has 0 saturated carbocycles. The number of rotatable bonds is 2. The summed E-state index contributed by atoms with van der Waals surface area (Å²) < 4.78 is 0. The van der Waals surface area contributed by atoms with Crippen LogP contribution in [0.2, 0.25) is 0 Å². The predicted octanol–water partition coefficient (Wildman–Crippen LogP) is 6.33. The number of allylic oxidation sites excluding steroid dienone is 2. The Labute approximate surface area is 107 Å². The summed E-state index contributed by atoms with van der Waals surface area (Å²) >= 11 is 0. The lowest BCUT2D eigenvalue weighted by atomic mass is 10.1. The van der Waals surface area contributed by atoms with Gasteiger partial charge in [0.25, 0.3) is 0 Å². The summed E-state index contributed by atoms with van der Waals surface area (Å²) in [4.78, 5) is 0. The van der Waals surface area contributed by atoms with Crippen molar-refractivity contribution in [3.8, 4) is 12.3 Å². The standard InChI is InChI=1S/C7H14.C3H4.3C2H6/c1-4-5-6-7(2)3;1-3-2;3*1-2/h4-5,7H,6H2,1-3H3;1H,2H3;3*1-2H3/b5-4+;;;;. The first-order chi connectivity index (χ1) is 7.68. The smallest absolute Gasteiger partial charge is 0.00297 e. The fourth-order valence-corrected chi connectivity index (χ4v) is 0.408. The Morgan fingerprint density at radius 1 is 1.00 bits per heavy atom. The molecule has 0 atom stereocenters. The Bertz CT molecular complexity index is 102. The van der Waals surface area contributed by atoms with Gasteiger partial charge < -0.3 is 0 Å². The van der Waals surface area contributed by atoms with Crippen LogP contribution in [-0.2, 0) is 0 Å². The van der Waals surface area contributed by atoms with Crippen LogP contribution in [0.1, 0.15) is 75.7 Å². The molecule has 0 rings (SSSR count). The molecular weight excluding hydrogens is 192 g/mol. The second kappa shape index (κ2) is 63.7. The minimum atomic E-state index is 0.816. The van der Waals surface area contributed by atoms with Gasteiger partial charge >= 0.3 is 0 Å². The molecule has 0 amide bonds. The zero-order valence-corrected chi connectivity index (χ0v) is 13.5. The first kappa shape index (κ1) is 29.5. The third-order valence-electron chi connectivity index (χ3n) is 0.843. The number of terminal acetylenes is 1. The van der Waals surface area contributed by atoms with Gasteiger partial charge in [0.2, 0.25) is 0 Å². The summed E-state index contributed by atoms with van der Waals surface area (Å²) in [5.41, 5.74) is 0. The molecule has 0 heterocycles. The molecule has 100 valence electrons. The van der Waals surface area contributed by atoms with E-state index in [9.17, 15) is 0 Å². The normalized spacial score (nSPS) is 6.62. The Hall–Kier alpha value is -0.700. The van der Waals surface area contributed by atoms with Crippen molar-refractivity contribution in [2.75, 3.05) is 0 Å². The first-order valence-corrected chi connectivity index (χ1v) is 6.67. The molecule has 0 aliphatic rings. The van der Waals surface area contributed by atoms with E-state index in [1.165, 1.54) is 6.42 Å². The molecule has 0 radical (unpaired) electrons. The Morgan fingerprint density at radius 2 is 1.25 bits per heavy atom. The molecule has 0 aromatic rings. The fourth-order valence-electron chi connectivity index (χ4n) is 0.408. The molecule has 0 aliphatic carbocycles. The minimum Gasteiger partial charge on any atom is -0.120 e. The van der Waals surface area contributed by atoms with Crippen LogP contribution < -0.4 is 0 Å². The van der Waals surface area contributed by atoms with Crippen molar-refractivity contribution in [2.24, 2.45) is 5.92 Å². The Balaban J connectivity index is -0.0000000379. The molecule has 0 spiro atoms. The van der Waals surface area contributed by atoms with Crippen molar-refractivity contribution in [3.05, 3.63) is 12.2 Å². The quantitative estimate of drug-likeness (QED) is 0.383. The van der Waals surface area contributed by atoms with Gasteiger partial charge in [-0.2, -0.15) is 0 Å². The molecule has 0 aromatic carbocycles. The summed E-state index contributed by atoms with van der Waals surface area (Å²) in [6, 6.07) is 0.